The molecule has 9 aromatic carbocycles. The molecule has 0 aliphatic heterocycles. The number of rotatable bonds is 4. The van der Waals surface area contributed by atoms with Crippen molar-refractivity contribution in [2.45, 2.75) is 24.7 Å². The fraction of sp³-hybridized carbons (Fsp3) is 0.0690. The topological polar surface area (TPSA) is 3.24 Å². The monoisotopic (exact) mass is 781 g/mol. The highest BCUT2D eigenvalue weighted by Gasteiger charge is 2.52. The Labute approximate surface area is 354 Å². The van der Waals surface area contributed by atoms with Gasteiger partial charge >= 0.3 is 0 Å². The summed E-state index contributed by atoms with van der Waals surface area (Å²) in [5.41, 5.74) is 21.8. The summed E-state index contributed by atoms with van der Waals surface area (Å²) >= 11 is 1.93. The maximum atomic E-state index is 2.57. The molecule has 0 amide bonds. The molecule has 0 unspecified atom stereocenters. The number of hydrogen-bond donors (Lipinski definition) is 0. The van der Waals surface area contributed by atoms with Crippen LogP contribution in [-0.4, -0.2) is 0 Å². The van der Waals surface area contributed by atoms with Crippen molar-refractivity contribution in [2.24, 2.45) is 0 Å². The standard InChI is InChI=1S/C58H39NS/c1-57(2)46-25-13-9-21-40(46)43-31-29-38(33-50(43)57)59(37-19-7-4-8-20-37)39-30-32-45-52(34-39)60-53-35-51-55(54(56(45)53)36-17-5-3-6-18-36)44-24-12-16-28-49(44)58(51)47-26-14-10-22-41(47)42-23-11-15-27-48(42)58/h3-35H,1-2H3. The number of benzene rings is 9. The molecule has 3 aliphatic carbocycles. The zero-order valence-corrected chi connectivity index (χ0v) is 34.2. The zero-order chi connectivity index (χ0) is 39.7. The van der Waals surface area contributed by atoms with Crippen molar-refractivity contribution < 1.29 is 0 Å². The molecule has 0 N–H and O–H groups in total. The molecule has 1 nitrogen and oxygen atoms in total. The van der Waals surface area contributed by atoms with Crippen molar-refractivity contribution in [3.05, 3.63) is 234 Å². The molecular formula is C58H39NS. The highest BCUT2D eigenvalue weighted by atomic mass is 32.1. The van der Waals surface area contributed by atoms with E-state index >= 15 is 0 Å². The summed E-state index contributed by atoms with van der Waals surface area (Å²) in [4.78, 5) is 2.44. The van der Waals surface area contributed by atoms with Crippen LogP contribution < -0.4 is 4.90 Å². The number of anilines is 3. The number of para-hydroxylation sites is 1. The summed E-state index contributed by atoms with van der Waals surface area (Å²) < 4.78 is 2.60. The SMILES string of the molecule is CC1(C)c2ccccc2-c2ccc(N(c3ccccc3)c3ccc4c(c3)sc3cc5c(c(-c6ccccc6)c34)-c3ccccc3C53c4ccccc4-c4ccccc43)cc21. The van der Waals surface area contributed by atoms with Crippen LogP contribution in [0.25, 0.3) is 64.7 Å². The normalized spacial score (nSPS) is 14.4. The smallest absolute Gasteiger partial charge is 0.0726 e. The Morgan fingerprint density at radius 3 is 1.57 bits per heavy atom. The second-order valence-corrected chi connectivity index (χ2v) is 18.2. The molecule has 1 spiro atoms. The first kappa shape index (κ1) is 33.9. The summed E-state index contributed by atoms with van der Waals surface area (Å²) in [7, 11) is 0. The molecule has 0 bridgehead atoms. The molecular weight excluding hydrogens is 743 g/mol. The number of fused-ring (bicyclic) bond motifs is 16. The first-order chi connectivity index (χ1) is 29.5. The quantitative estimate of drug-likeness (QED) is 0.172. The minimum atomic E-state index is -0.413. The fourth-order valence-corrected chi connectivity index (χ4v) is 12.6. The molecule has 0 atom stereocenters. The van der Waals surface area contributed by atoms with E-state index in [9.17, 15) is 0 Å². The van der Waals surface area contributed by atoms with E-state index in [4.69, 9.17) is 0 Å². The summed E-state index contributed by atoms with van der Waals surface area (Å²) in [6, 6.07) is 75.2. The highest BCUT2D eigenvalue weighted by Crippen LogP contribution is 2.65. The van der Waals surface area contributed by atoms with Crippen LogP contribution in [0.15, 0.2) is 200 Å². The van der Waals surface area contributed by atoms with Crippen LogP contribution in [0.4, 0.5) is 17.1 Å². The second-order valence-electron chi connectivity index (χ2n) is 17.2. The van der Waals surface area contributed by atoms with E-state index in [2.05, 4.69) is 219 Å². The second kappa shape index (κ2) is 12.3. The van der Waals surface area contributed by atoms with Crippen LogP contribution >= 0.6 is 11.3 Å². The van der Waals surface area contributed by atoms with Gasteiger partial charge in [0.25, 0.3) is 0 Å². The summed E-state index contributed by atoms with van der Waals surface area (Å²) in [5, 5.41) is 2.63. The molecule has 13 rings (SSSR count). The minimum absolute atomic E-state index is 0.0930. The Bertz CT molecular complexity index is 3360. The van der Waals surface area contributed by atoms with Gasteiger partial charge in [0.2, 0.25) is 0 Å². The molecule has 60 heavy (non-hydrogen) atoms. The summed E-state index contributed by atoms with van der Waals surface area (Å²) in [5.74, 6) is 0. The van der Waals surface area contributed by atoms with Gasteiger partial charge in [0, 0.05) is 42.6 Å². The number of thiophene rings is 1. The first-order valence-corrected chi connectivity index (χ1v) is 21.8. The van der Waals surface area contributed by atoms with Crippen LogP contribution in [-0.2, 0) is 10.8 Å². The van der Waals surface area contributed by atoms with E-state index in [-0.39, 0.29) is 5.41 Å². The third-order valence-electron chi connectivity index (χ3n) is 13.9. The molecule has 1 heterocycles. The fourth-order valence-electron chi connectivity index (χ4n) is 11.4. The molecule has 10 aromatic rings. The van der Waals surface area contributed by atoms with E-state index in [1.54, 1.807) is 0 Å². The third kappa shape index (κ3) is 4.36. The van der Waals surface area contributed by atoms with Crippen LogP contribution in [0, 0.1) is 0 Å². The van der Waals surface area contributed by atoms with Gasteiger partial charge in [-0.1, -0.05) is 172 Å². The number of hydrogen-bond acceptors (Lipinski definition) is 2. The molecule has 3 aliphatic rings. The third-order valence-corrected chi connectivity index (χ3v) is 15.0. The lowest BCUT2D eigenvalue weighted by Gasteiger charge is -2.30. The predicted octanol–water partition coefficient (Wildman–Crippen LogP) is 15.8. The van der Waals surface area contributed by atoms with Gasteiger partial charge in [-0.25, -0.2) is 0 Å². The van der Waals surface area contributed by atoms with Gasteiger partial charge in [-0.05, 0) is 120 Å². The minimum Gasteiger partial charge on any atom is -0.310 e. The Hall–Kier alpha value is -7.00. The molecule has 0 saturated carbocycles. The van der Waals surface area contributed by atoms with Gasteiger partial charge in [0.05, 0.1) is 5.41 Å². The molecule has 0 radical (unpaired) electrons. The average Bonchev–Trinajstić information content (AvgIpc) is 3.98. The van der Waals surface area contributed by atoms with Gasteiger partial charge in [-0.15, -0.1) is 11.3 Å². The Kier molecular flexibility index (Phi) is 6.94. The highest BCUT2D eigenvalue weighted by molar-refractivity contribution is 7.26. The van der Waals surface area contributed by atoms with E-state index in [0.29, 0.717) is 0 Å². The average molecular weight is 782 g/mol. The molecule has 0 saturated heterocycles. The van der Waals surface area contributed by atoms with Crippen LogP contribution in [0.2, 0.25) is 0 Å². The predicted molar refractivity (Wildman–Crippen MR) is 253 cm³/mol. The van der Waals surface area contributed by atoms with E-state index in [1.807, 2.05) is 11.3 Å². The van der Waals surface area contributed by atoms with Gasteiger partial charge in [0.1, 0.15) is 0 Å². The van der Waals surface area contributed by atoms with Crippen LogP contribution in [0.5, 0.6) is 0 Å². The molecule has 1 aromatic heterocycles. The van der Waals surface area contributed by atoms with Crippen molar-refractivity contribution in [3.63, 3.8) is 0 Å². The van der Waals surface area contributed by atoms with E-state index in [1.165, 1.54) is 104 Å². The van der Waals surface area contributed by atoms with Crippen LogP contribution in [0.3, 0.4) is 0 Å². The lowest BCUT2D eigenvalue weighted by atomic mass is 9.70. The Morgan fingerprint density at radius 2 is 0.883 bits per heavy atom. The Balaban J connectivity index is 1.08. The lowest BCUT2D eigenvalue weighted by molar-refractivity contribution is 0.660. The maximum absolute atomic E-state index is 2.57. The van der Waals surface area contributed by atoms with Crippen molar-refractivity contribution in [1.29, 1.82) is 0 Å². The lowest BCUT2D eigenvalue weighted by Crippen LogP contribution is -2.25. The summed E-state index contributed by atoms with van der Waals surface area (Å²) in [6.45, 7) is 4.73. The van der Waals surface area contributed by atoms with E-state index in [0.717, 1.165) is 11.4 Å². The largest absolute Gasteiger partial charge is 0.310 e. The zero-order valence-electron chi connectivity index (χ0n) is 33.4. The molecule has 282 valence electrons. The van der Waals surface area contributed by atoms with E-state index < -0.39 is 5.41 Å². The summed E-state index contributed by atoms with van der Waals surface area (Å²) in [6.07, 6.45) is 0. The van der Waals surface area contributed by atoms with Crippen molar-refractivity contribution in [1.82, 2.24) is 0 Å². The Morgan fingerprint density at radius 1 is 0.367 bits per heavy atom. The van der Waals surface area contributed by atoms with Crippen LogP contribution in [0.1, 0.15) is 47.2 Å². The number of nitrogens with zero attached hydrogens (tertiary/aromatic N) is 1. The van der Waals surface area contributed by atoms with Crippen molar-refractivity contribution >= 4 is 48.6 Å². The van der Waals surface area contributed by atoms with Crippen molar-refractivity contribution in [3.8, 4) is 44.5 Å². The van der Waals surface area contributed by atoms with Gasteiger partial charge in [0.15, 0.2) is 0 Å². The van der Waals surface area contributed by atoms with Gasteiger partial charge < -0.3 is 4.90 Å². The molecule has 0 fully saturated rings. The molecule has 2 heteroatoms. The van der Waals surface area contributed by atoms with Gasteiger partial charge in [-0.3, -0.25) is 0 Å². The van der Waals surface area contributed by atoms with Crippen molar-refractivity contribution in [2.75, 3.05) is 4.90 Å². The van der Waals surface area contributed by atoms with Gasteiger partial charge in [-0.2, -0.15) is 0 Å². The maximum Gasteiger partial charge on any atom is 0.0726 e. The first-order valence-electron chi connectivity index (χ1n) is 21.0.